The number of rotatable bonds is 3. The van der Waals surface area contributed by atoms with Crippen molar-refractivity contribution in [2.45, 2.75) is 19.5 Å². The molecule has 1 aliphatic rings. The molecule has 0 saturated carbocycles. The first-order valence-electron chi connectivity index (χ1n) is 6.81. The van der Waals surface area contributed by atoms with E-state index in [9.17, 15) is 0 Å². The van der Waals surface area contributed by atoms with Gasteiger partial charge < -0.3 is 5.73 Å². The van der Waals surface area contributed by atoms with Crippen molar-refractivity contribution >= 4 is 40.6 Å². The lowest BCUT2D eigenvalue weighted by atomic mass is 10.0. The second-order valence-electron chi connectivity index (χ2n) is 5.14. The average Bonchev–Trinajstić information content (AvgIpc) is 2.86. The molecule has 1 saturated heterocycles. The number of nitrogens with two attached hydrogens (primary N) is 1. The highest BCUT2D eigenvalue weighted by Gasteiger charge is 2.24. The Morgan fingerprint density at radius 2 is 2.10 bits per heavy atom. The number of hydrogen-bond donors (Lipinski definition) is 1. The summed E-state index contributed by atoms with van der Waals surface area (Å²) in [6.45, 7) is 4.21. The van der Waals surface area contributed by atoms with Crippen LogP contribution in [0.15, 0.2) is 30.5 Å². The van der Waals surface area contributed by atoms with E-state index >= 15 is 0 Å². The molecule has 1 atom stereocenters. The van der Waals surface area contributed by atoms with Crippen molar-refractivity contribution in [1.29, 1.82) is 0 Å². The summed E-state index contributed by atoms with van der Waals surface area (Å²) in [5, 5.41) is 0.665. The highest BCUT2D eigenvalue weighted by Crippen LogP contribution is 2.32. The van der Waals surface area contributed by atoms with Crippen molar-refractivity contribution < 1.29 is 0 Å². The highest BCUT2D eigenvalue weighted by atomic mass is 35.5. The molecule has 1 aromatic heterocycles. The van der Waals surface area contributed by atoms with E-state index in [1.54, 1.807) is 11.3 Å². The minimum absolute atomic E-state index is 0. The van der Waals surface area contributed by atoms with Crippen molar-refractivity contribution in [3.8, 4) is 0 Å². The van der Waals surface area contributed by atoms with Crippen molar-refractivity contribution in [2.24, 2.45) is 0 Å². The van der Waals surface area contributed by atoms with Crippen LogP contribution in [-0.4, -0.2) is 27.9 Å². The van der Waals surface area contributed by atoms with Crippen molar-refractivity contribution in [2.75, 3.05) is 23.8 Å². The minimum Gasteiger partial charge on any atom is -0.375 e. The Bertz CT molecular complexity index is 571. The molecule has 6 heteroatoms. The van der Waals surface area contributed by atoms with Gasteiger partial charge >= 0.3 is 0 Å². The van der Waals surface area contributed by atoms with E-state index < -0.39 is 0 Å². The Labute approximate surface area is 140 Å². The van der Waals surface area contributed by atoms with Gasteiger partial charge in [0.1, 0.15) is 0 Å². The van der Waals surface area contributed by atoms with Crippen LogP contribution < -0.4 is 5.73 Å². The fourth-order valence-electron chi connectivity index (χ4n) is 2.52. The van der Waals surface area contributed by atoms with Gasteiger partial charge in [0.05, 0.1) is 0 Å². The summed E-state index contributed by atoms with van der Waals surface area (Å²) in [4.78, 5) is 7.96. The molecule has 0 amide bonds. The molecule has 2 N–H and O–H groups in total. The zero-order valence-electron chi connectivity index (χ0n) is 12.0. The minimum atomic E-state index is 0. The van der Waals surface area contributed by atoms with Gasteiger partial charge in [-0.3, -0.25) is 4.90 Å². The van der Waals surface area contributed by atoms with Crippen molar-refractivity contribution in [3.63, 3.8) is 0 Å². The summed E-state index contributed by atoms with van der Waals surface area (Å²) in [5.41, 5.74) is 8.47. The lowest BCUT2D eigenvalue weighted by Gasteiger charge is -2.35. The third-order valence-corrected chi connectivity index (χ3v) is 5.47. The quantitative estimate of drug-likeness (QED) is 0.923. The van der Waals surface area contributed by atoms with E-state index in [0.717, 1.165) is 18.8 Å². The molecule has 1 aliphatic heterocycles. The zero-order valence-corrected chi connectivity index (χ0v) is 14.4. The molecular formula is C15H20ClN3S2. The Kier molecular flexibility index (Phi) is 5.93. The summed E-state index contributed by atoms with van der Waals surface area (Å²) >= 11 is 3.64. The number of benzene rings is 1. The third kappa shape index (κ3) is 4.13. The van der Waals surface area contributed by atoms with Gasteiger partial charge in [0.25, 0.3) is 0 Å². The molecule has 0 radical (unpaired) electrons. The first-order chi connectivity index (χ1) is 9.72. The molecule has 1 fully saturated rings. The number of thiazole rings is 1. The maximum absolute atomic E-state index is 5.73. The number of nitrogens with zero attached hydrogens (tertiary/aromatic N) is 2. The molecule has 114 valence electrons. The van der Waals surface area contributed by atoms with Crippen molar-refractivity contribution in [1.82, 2.24) is 9.88 Å². The number of nitrogen functional groups attached to an aromatic ring is 1. The van der Waals surface area contributed by atoms with Crippen LogP contribution in [0.3, 0.4) is 0 Å². The highest BCUT2D eigenvalue weighted by molar-refractivity contribution is 7.99. The van der Waals surface area contributed by atoms with Crippen LogP contribution >= 0.6 is 35.5 Å². The molecule has 3 rings (SSSR count). The summed E-state index contributed by atoms with van der Waals surface area (Å²) in [5.74, 6) is 2.37. The summed E-state index contributed by atoms with van der Waals surface area (Å²) < 4.78 is 0. The summed E-state index contributed by atoms with van der Waals surface area (Å²) in [6, 6.07) is 9.44. The molecule has 21 heavy (non-hydrogen) atoms. The molecule has 1 unspecified atom stereocenters. The van der Waals surface area contributed by atoms with Crippen LogP contribution in [0.1, 0.15) is 22.0 Å². The van der Waals surface area contributed by atoms with Gasteiger partial charge in [-0.25, -0.2) is 4.98 Å². The fraction of sp³-hybridized carbons (Fsp3) is 0.400. The molecule has 1 aromatic carbocycles. The van der Waals surface area contributed by atoms with Gasteiger partial charge in [0.15, 0.2) is 5.13 Å². The molecule has 3 nitrogen and oxygen atoms in total. The van der Waals surface area contributed by atoms with Gasteiger partial charge in [-0.05, 0) is 12.5 Å². The molecule has 0 spiro atoms. The van der Waals surface area contributed by atoms with Crippen molar-refractivity contribution in [3.05, 3.63) is 46.5 Å². The summed E-state index contributed by atoms with van der Waals surface area (Å²) in [7, 11) is 0. The van der Waals surface area contributed by atoms with Crippen LogP contribution in [0.4, 0.5) is 5.13 Å². The normalized spacial score (nSPS) is 19.2. The van der Waals surface area contributed by atoms with E-state index in [1.165, 1.54) is 21.8 Å². The Morgan fingerprint density at radius 3 is 2.76 bits per heavy atom. The number of hydrogen-bond acceptors (Lipinski definition) is 5. The van der Waals surface area contributed by atoms with Crippen LogP contribution in [0.2, 0.25) is 0 Å². The van der Waals surface area contributed by atoms with Crippen LogP contribution in [0.5, 0.6) is 0 Å². The van der Waals surface area contributed by atoms with Crippen LogP contribution in [-0.2, 0) is 6.54 Å². The van der Waals surface area contributed by atoms with Gasteiger partial charge in [-0.2, -0.15) is 11.8 Å². The summed E-state index contributed by atoms with van der Waals surface area (Å²) in [6.07, 6.45) is 1.91. The number of thioether (sulfide) groups is 1. The molecule has 0 aliphatic carbocycles. The Morgan fingerprint density at radius 1 is 1.33 bits per heavy atom. The molecule has 2 aromatic rings. The molecule has 2 heterocycles. The second-order valence-corrected chi connectivity index (χ2v) is 7.43. The topological polar surface area (TPSA) is 42.2 Å². The zero-order chi connectivity index (χ0) is 13.9. The maximum atomic E-state index is 5.73. The first-order valence-corrected chi connectivity index (χ1v) is 8.78. The van der Waals surface area contributed by atoms with Gasteiger partial charge in [0, 0.05) is 41.7 Å². The average molecular weight is 342 g/mol. The van der Waals surface area contributed by atoms with E-state index in [-0.39, 0.29) is 12.4 Å². The Hall–Kier alpha value is -0.750. The standard InChI is InChI=1S/C15H19N3S2.ClH/c1-11-2-4-12(5-3-11)14-10-19-7-6-18(14)9-13-8-17-15(16)20-13;/h2-5,8,14H,6-7,9-10H2,1H3,(H2,16,17);1H. The van der Waals surface area contributed by atoms with E-state index in [2.05, 4.69) is 41.1 Å². The largest absolute Gasteiger partial charge is 0.375 e. The SMILES string of the molecule is Cc1ccc(C2CSCCN2Cc2cnc(N)s2)cc1.Cl. The number of halogens is 1. The number of aromatic nitrogens is 1. The molecule has 0 bridgehead atoms. The lowest BCUT2D eigenvalue weighted by molar-refractivity contribution is 0.214. The fourth-order valence-corrected chi connectivity index (χ4v) is 4.39. The van der Waals surface area contributed by atoms with E-state index in [0.29, 0.717) is 11.2 Å². The van der Waals surface area contributed by atoms with Gasteiger partial charge in [-0.1, -0.05) is 29.8 Å². The van der Waals surface area contributed by atoms with Gasteiger partial charge in [-0.15, -0.1) is 23.7 Å². The van der Waals surface area contributed by atoms with Crippen LogP contribution in [0, 0.1) is 6.92 Å². The monoisotopic (exact) mass is 341 g/mol. The number of anilines is 1. The predicted octanol–water partition coefficient (Wildman–Crippen LogP) is 3.75. The Balaban J connectivity index is 0.00000161. The first kappa shape index (κ1) is 16.6. The number of aryl methyl sites for hydroxylation is 1. The van der Waals surface area contributed by atoms with E-state index in [1.807, 2.05) is 18.0 Å². The predicted molar refractivity (Wildman–Crippen MR) is 95.4 cm³/mol. The van der Waals surface area contributed by atoms with Crippen LogP contribution in [0.25, 0.3) is 0 Å². The maximum Gasteiger partial charge on any atom is 0.180 e. The molecular weight excluding hydrogens is 322 g/mol. The third-order valence-electron chi connectivity index (χ3n) is 3.63. The van der Waals surface area contributed by atoms with Gasteiger partial charge in [0.2, 0.25) is 0 Å². The second kappa shape index (κ2) is 7.49. The van der Waals surface area contributed by atoms with E-state index in [4.69, 9.17) is 5.73 Å². The smallest absolute Gasteiger partial charge is 0.180 e. The lowest BCUT2D eigenvalue weighted by Crippen LogP contribution is -2.35.